The first-order valence-corrected chi connectivity index (χ1v) is 8.02. The van der Waals surface area contributed by atoms with E-state index in [4.69, 9.17) is 33.1 Å². The molecule has 0 radical (unpaired) electrons. The number of para-hydroxylation sites is 1. The summed E-state index contributed by atoms with van der Waals surface area (Å²) in [6.07, 6.45) is 0.0907. The summed E-state index contributed by atoms with van der Waals surface area (Å²) in [6, 6.07) is 11.1. The van der Waals surface area contributed by atoms with E-state index in [1.165, 1.54) is 0 Å². The molecule has 1 atom stereocenters. The number of aliphatic hydroxyl groups is 2. The number of hydrogen-bond acceptors (Lipinski definition) is 5. The second-order valence-electron chi connectivity index (χ2n) is 5.11. The van der Waals surface area contributed by atoms with Crippen molar-refractivity contribution in [3.05, 3.63) is 57.6 Å². The van der Waals surface area contributed by atoms with Crippen LogP contribution in [0.1, 0.15) is 11.1 Å². The average Bonchev–Trinajstić information content (AvgIpc) is 2.59. The van der Waals surface area contributed by atoms with Gasteiger partial charge in [-0.1, -0.05) is 52.6 Å². The summed E-state index contributed by atoms with van der Waals surface area (Å²) in [6.45, 7) is 1.67. The Hall–Kier alpha value is -1.79. The fraction of sp³-hybridized carbons (Fsp3) is 0.235. The minimum absolute atomic E-state index is 0.179. The molecule has 0 saturated carbocycles. The Kier molecular flexibility index (Phi) is 6.87. The number of nitrogens with zero attached hydrogens (tertiary/aromatic N) is 1. The Morgan fingerprint density at radius 3 is 2.75 bits per heavy atom. The minimum Gasteiger partial charge on any atom is -0.393 e. The van der Waals surface area contributed by atoms with Crippen molar-refractivity contribution in [1.82, 2.24) is 0 Å². The zero-order valence-corrected chi connectivity index (χ0v) is 14.6. The smallest absolute Gasteiger partial charge is 0.144 e. The molecule has 0 aromatic heterocycles. The monoisotopic (exact) mass is 368 g/mol. The summed E-state index contributed by atoms with van der Waals surface area (Å²) in [5.74, 6) is 0. The number of aliphatic hydroxyl groups excluding tert-OH is 2. The molecule has 0 amide bonds. The first kappa shape index (κ1) is 18.5. The van der Waals surface area contributed by atoms with Crippen LogP contribution in [0.4, 0.5) is 11.4 Å². The fourth-order valence-corrected chi connectivity index (χ4v) is 2.41. The lowest BCUT2D eigenvalue weighted by atomic mass is 10.1. The number of anilines is 2. The molecule has 3 N–H and O–H groups in total. The van der Waals surface area contributed by atoms with E-state index >= 15 is 0 Å². The van der Waals surface area contributed by atoms with Gasteiger partial charge in [-0.05, 0) is 24.6 Å². The van der Waals surface area contributed by atoms with Gasteiger partial charge in [0.15, 0.2) is 0 Å². The van der Waals surface area contributed by atoms with E-state index in [0.29, 0.717) is 15.7 Å². The molecule has 0 fully saturated rings. The van der Waals surface area contributed by atoms with Gasteiger partial charge in [0.25, 0.3) is 0 Å². The molecule has 0 saturated heterocycles. The average molecular weight is 369 g/mol. The van der Waals surface area contributed by atoms with Crippen LogP contribution in [0.2, 0.25) is 10.0 Å². The molecule has 2 aromatic rings. The van der Waals surface area contributed by atoms with Crippen LogP contribution in [0, 0.1) is 6.92 Å². The zero-order valence-electron chi connectivity index (χ0n) is 13.0. The molecule has 0 bridgehead atoms. The van der Waals surface area contributed by atoms with Gasteiger partial charge in [0.2, 0.25) is 0 Å². The summed E-state index contributed by atoms with van der Waals surface area (Å²) < 4.78 is 0. The van der Waals surface area contributed by atoms with Crippen LogP contribution in [0.3, 0.4) is 0 Å². The number of nitrogens with one attached hydrogen (secondary N) is 1. The van der Waals surface area contributed by atoms with Gasteiger partial charge < -0.3 is 20.4 Å². The molecule has 7 heteroatoms. The van der Waals surface area contributed by atoms with Crippen LogP contribution in [-0.2, 0) is 11.4 Å². The van der Waals surface area contributed by atoms with Gasteiger partial charge in [0.1, 0.15) is 12.7 Å². The zero-order chi connectivity index (χ0) is 17.5. The van der Waals surface area contributed by atoms with E-state index in [1.807, 2.05) is 37.3 Å². The number of halogens is 2. The summed E-state index contributed by atoms with van der Waals surface area (Å²) >= 11 is 12.6. The molecule has 2 rings (SSSR count). The van der Waals surface area contributed by atoms with E-state index in [1.54, 1.807) is 6.07 Å². The van der Waals surface area contributed by atoms with Crippen molar-refractivity contribution in [3.63, 3.8) is 0 Å². The van der Waals surface area contributed by atoms with Crippen molar-refractivity contribution in [2.75, 3.05) is 11.9 Å². The van der Waals surface area contributed by atoms with Crippen LogP contribution in [0.25, 0.3) is 0 Å². The summed E-state index contributed by atoms with van der Waals surface area (Å²) in [5, 5.41) is 25.8. The largest absolute Gasteiger partial charge is 0.393 e. The Bertz CT molecular complexity index is 723. The van der Waals surface area contributed by atoms with Gasteiger partial charge in [0, 0.05) is 11.3 Å². The highest BCUT2D eigenvalue weighted by atomic mass is 35.5. The van der Waals surface area contributed by atoms with E-state index < -0.39 is 12.7 Å². The van der Waals surface area contributed by atoms with Crippen LogP contribution in [0.5, 0.6) is 0 Å². The molecule has 0 spiro atoms. The van der Waals surface area contributed by atoms with Crippen molar-refractivity contribution in [2.45, 2.75) is 19.6 Å². The molecule has 0 aliphatic carbocycles. The second-order valence-corrected chi connectivity index (χ2v) is 5.90. The highest BCUT2D eigenvalue weighted by molar-refractivity contribution is 6.39. The van der Waals surface area contributed by atoms with Gasteiger partial charge in [-0.15, -0.1) is 0 Å². The molecule has 1 unspecified atom stereocenters. The molecule has 0 aliphatic heterocycles. The lowest BCUT2D eigenvalue weighted by Gasteiger charge is -2.15. The Morgan fingerprint density at radius 1 is 1.25 bits per heavy atom. The number of benzene rings is 2. The number of oxime groups is 1. The van der Waals surface area contributed by atoms with Crippen molar-refractivity contribution in [2.24, 2.45) is 5.16 Å². The van der Waals surface area contributed by atoms with Gasteiger partial charge in [0.05, 0.1) is 28.6 Å². The predicted octanol–water partition coefficient (Wildman–Crippen LogP) is 3.90. The number of aryl methyl sites for hydroxylation is 1. The van der Waals surface area contributed by atoms with E-state index in [9.17, 15) is 5.11 Å². The van der Waals surface area contributed by atoms with Gasteiger partial charge >= 0.3 is 0 Å². The van der Waals surface area contributed by atoms with Crippen molar-refractivity contribution in [1.29, 1.82) is 0 Å². The lowest BCUT2D eigenvalue weighted by molar-refractivity contribution is 0.117. The standard InChI is InChI=1S/C17H18Cl2N2O3/c1-11-6-7-14(18)17(16(11)19)21-15-5-3-2-4-12(15)10-24-20-8-13(23)9-22/h2-8,13,21-23H,9-10H2,1H3. The highest BCUT2D eigenvalue weighted by Gasteiger charge is 2.11. The van der Waals surface area contributed by atoms with Crippen molar-refractivity contribution < 1.29 is 15.1 Å². The summed E-state index contributed by atoms with van der Waals surface area (Å²) in [5.41, 5.74) is 3.16. The maximum atomic E-state index is 9.17. The molecule has 0 heterocycles. The van der Waals surface area contributed by atoms with Crippen LogP contribution in [0.15, 0.2) is 41.6 Å². The van der Waals surface area contributed by atoms with Gasteiger partial charge in [-0.3, -0.25) is 0 Å². The quantitative estimate of drug-likeness (QED) is 0.511. The molecule has 5 nitrogen and oxygen atoms in total. The van der Waals surface area contributed by atoms with Crippen LogP contribution >= 0.6 is 23.2 Å². The molecule has 0 aliphatic rings. The molecule has 128 valence electrons. The van der Waals surface area contributed by atoms with Gasteiger partial charge in [-0.25, -0.2) is 0 Å². The molecular formula is C17H18Cl2N2O3. The molecule has 24 heavy (non-hydrogen) atoms. The predicted molar refractivity (Wildman–Crippen MR) is 97.3 cm³/mol. The fourth-order valence-electron chi connectivity index (χ4n) is 1.94. The first-order chi connectivity index (χ1) is 11.5. The van der Waals surface area contributed by atoms with Crippen LogP contribution in [-0.4, -0.2) is 29.1 Å². The molecule has 2 aromatic carbocycles. The second kappa shape index (κ2) is 8.89. The first-order valence-electron chi connectivity index (χ1n) is 7.27. The summed E-state index contributed by atoms with van der Waals surface area (Å²) in [4.78, 5) is 5.15. The topological polar surface area (TPSA) is 74.1 Å². The Labute approximate surface area is 150 Å². The Morgan fingerprint density at radius 2 is 2.00 bits per heavy atom. The Balaban J connectivity index is 2.15. The number of hydrogen-bond donors (Lipinski definition) is 3. The molecular weight excluding hydrogens is 351 g/mol. The third-order valence-corrected chi connectivity index (χ3v) is 4.08. The van der Waals surface area contributed by atoms with E-state index in [0.717, 1.165) is 23.0 Å². The van der Waals surface area contributed by atoms with E-state index in [2.05, 4.69) is 10.5 Å². The maximum absolute atomic E-state index is 9.17. The van der Waals surface area contributed by atoms with Crippen molar-refractivity contribution >= 4 is 40.8 Å². The third kappa shape index (κ3) is 4.85. The normalized spacial score (nSPS) is 12.4. The van der Waals surface area contributed by atoms with Gasteiger partial charge in [-0.2, -0.15) is 0 Å². The minimum atomic E-state index is -1.04. The van der Waals surface area contributed by atoms with Crippen molar-refractivity contribution in [3.8, 4) is 0 Å². The maximum Gasteiger partial charge on any atom is 0.144 e. The SMILES string of the molecule is Cc1ccc(Cl)c(Nc2ccccc2CON=CC(O)CO)c1Cl. The third-order valence-electron chi connectivity index (χ3n) is 3.28. The van der Waals surface area contributed by atoms with Crippen LogP contribution < -0.4 is 5.32 Å². The highest BCUT2D eigenvalue weighted by Crippen LogP contribution is 2.35. The van der Waals surface area contributed by atoms with E-state index in [-0.39, 0.29) is 6.61 Å². The summed E-state index contributed by atoms with van der Waals surface area (Å²) in [7, 11) is 0. The lowest BCUT2D eigenvalue weighted by Crippen LogP contribution is -2.13. The number of rotatable bonds is 7.